The largest absolute Gasteiger partial charge is 0.335 e. The summed E-state index contributed by atoms with van der Waals surface area (Å²) >= 11 is 1.66. The molecular weight excluding hydrogens is 278 g/mol. The first kappa shape index (κ1) is 13.1. The van der Waals surface area contributed by atoms with Crippen molar-refractivity contribution in [1.82, 2.24) is 4.90 Å². The lowest BCUT2D eigenvalue weighted by molar-refractivity contribution is 0.0721. The first-order valence-corrected chi connectivity index (χ1v) is 8.48. The van der Waals surface area contributed by atoms with Gasteiger partial charge in [-0.3, -0.25) is 4.79 Å². The van der Waals surface area contributed by atoms with Gasteiger partial charge in [0.15, 0.2) is 0 Å². The Morgan fingerprint density at radius 2 is 2.00 bits per heavy atom. The third-order valence-corrected chi connectivity index (χ3v) is 5.95. The Bertz CT molecular complexity index is 687. The zero-order chi connectivity index (χ0) is 14.6. The minimum absolute atomic E-state index is 0.214. The summed E-state index contributed by atoms with van der Waals surface area (Å²) in [5, 5.41) is 2.03. The summed E-state index contributed by atoms with van der Waals surface area (Å²) in [6, 6.07) is 10.8. The Morgan fingerprint density at radius 3 is 2.67 bits per heavy atom. The molecule has 2 nitrogen and oxygen atoms in total. The molecule has 3 atom stereocenters. The van der Waals surface area contributed by atoms with Gasteiger partial charge >= 0.3 is 0 Å². The Hall–Kier alpha value is -1.61. The van der Waals surface area contributed by atoms with Crippen molar-refractivity contribution in [2.45, 2.75) is 26.3 Å². The van der Waals surface area contributed by atoms with Gasteiger partial charge in [0.05, 0.1) is 5.56 Å². The summed E-state index contributed by atoms with van der Waals surface area (Å²) in [6.45, 7) is 5.24. The normalized spacial score (nSPS) is 26.8. The van der Waals surface area contributed by atoms with Crippen LogP contribution in [0.15, 0.2) is 35.7 Å². The van der Waals surface area contributed by atoms with Crippen molar-refractivity contribution in [2.75, 3.05) is 6.54 Å². The van der Waals surface area contributed by atoms with Crippen LogP contribution >= 0.6 is 11.3 Å². The van der Waals surface area contributed by atoms with E-state index in [-0.39, 0.29) is 5.91 Å². The van der Waals surface area contributed by atoms with E-state index in [0.29, 0.717) is 6.04 Å². The number of amides is 1. The lowest BCUT2D eigenvalue weighted by atomic mass is 10.1. The molecule has 21 heavy (non-hydrogen) atoms. The van der Waals surface area contributed by atoms with E-state index >= 15 is 0 Å². The molecular formula is C18H19NOS. The first-order chi connectivity index (χ1) is 10.1. The third kappa shape index (κ3) is 2.11. The van der Waals surface area contributed by atoms with E-state index in [1.165, 1.54) is 12.0 Å². The van der Waals surface area contributed by atoms with Crippen molar-refractivity contribution in [1.29, 1.82) is 0 Å². The van der Waals surface area contributed by atoms with Crippen LogP contribution in [0, 0.1) is 18.8 Å². The van der Waals surface area contributed by atoms with E-state index in [1.807, 2.05) is 11.4 Å². The summed E-state index contributed by atoms with van der Waals surface area (Å²) in [4.78, 5) is 16.1. The second-order valence-corrected chi connectivity index (χ2v) is 7.30. The number of fused-ring (bicyclic) bond motifs is 1. The first-order valence-electron chi connectivity index (χ1n) is 7.60. The number of hydrogen-bond acceptors (Lipinski definition) is 2. The van der Waals surface area contributed by atoms with Crippen molar-refractivity contribution in [3.8, 4) is 10.4 Å². The van der Waals surface area contributed by atoms with Crippen LogP contribution in [0.25, 0.3) is 10.4 Å². The zero-order valence-corrected chi connectivity index (χ0v) is 13.2. The second-order valence-electron chi connectivity index (χ2n) is 6.39. The number of thiophene rings is 1. The standard InChI is InChI=1S/C18H19NOS/c1-11-3-5-13(6-4-11)17-15(7-8-21-17)18(20)19-10-14-9-16(14)12(19)2/h3-8,12,14,16H,9-10H2,1-2H3/t12-,14-,16+/m0/s1. The highest BCUT2D eigenvalue weighted by Gasteiger charge is 2.52. The fourth-order valence-electron chi connectivity index (χ4n) is 3.55. The van der Waals surface area contributed by atoms with Gasteiger partial charge < -0.3 is 4.90 Å². The Labute approximate surface area is 129 Å². The van der Waals surface area contributed by atoms with Crippen LogP contribution in [0.5, 0.6) is 0 Å². The Balaban J connectivity index is 1.65. The number of carbonyl (C=O) groups is 1. The fraction of sp³-hybridized carbons (Fsp3) is 0.389. The number of hydrogen-bond donors (Lipinski definition) is 0. The molecule has 2 heterocycles. The Morgan fingerprint density at radius 1 is 1.24 bits per heavy atom. The maximum atomic E-state index is 12.9. The number of piperidine rings is 1. The van der Waals surface area contributed by atoms with Crippen LogP contribution < -0.4 is 0 Å². The predicted octanol–water partition coefficient (Wildman–Crippen LogP) is 4.20. The lowest BCUT2D eigenvalue weighted by Gasteiger charge is -2.24. The van der Waals surface area contributed by atoms with Gasteiger partial charge in [-0.2, -0.15) is 0 Å². The van der Waals surface area contributed by atoms with Crippen LogP contribution in [0.2, 0.25) is 0 Å². The van der Waals surface area contributed by atoms with Gasteiger partial charge in [-0.05, 0) is 49.1 Å². The van der Waals surface area contributed by atoms with Crippen molar-refractivity contribution >= 4 is 17.2 Å². The molecule has 1 saturated carbocycles. The van der Waals surface area contributed by atoms with Gasteiger partial charge in [0.2, 0.25) is 0 Å². The molecule has 0 radical (unpaired) electrons. The number of benzene rings is 1. The molecule has 2 aliphatic rings. The molecule has 1 aliphatic carbocycles. The highest BCUT2D eigenvalue weighted by atomic mass is 32.1. The van der Waals surface area contributed by atoms with Crippen LogP contribution in [0.4, 0.5) is 0 Å². The van der Waals surface area contributed by atoms with E-state index in [9.17, 15) is 4.79 Å². The summed E-state index contributed by atoms with van der Waals surface area (Å²) in [6.07, 6.45) is 1.32. The molecule has 1 amide bonds. The molecule has 108 valence electrons. The van der Waals surface area contributed by atoms with Crippen molar-refractivity contribution < 1.29 is 4.79 Å². The maximum Gasteiger partial charge on any atom is 0.255 e. The van der Waals surface area contributed by atoms with Crippen molar-refractivity contribution in [2.24, 2.45) is 11.8 Å². The van der Waals surface area contributed by atoms with E-state index in [4.69, 9.17) is 0 Å². The molecule has 0 N–H and O–H groups in total. The summed E-state index contributed by atoms with van der Waals surface area (Å²) < 4.78 is 0. The minimum atomic E-state index is 0.214. The number of rotatable bonds is 2. The highest BCUT2D eigenvalue weighted by molar-refractivity contribution is 7.14. The summed E-state index contributed by atoms with van der Waals surface area (Å²) in [5.41, 5.74) is 3.27. The number of carbonyl (C=O) groups excluding carboxylic acids is 1. The molecule has 0 bridgehead atoms. The highest BCUT2D eigenvalue weighted by Crippen LogP contribution is 2.50. The van der Waals surface area contributed by atoms with Gasteiger partial charge in [-0.15, -0.1) is 11.3 Å². The van der Waals surface area contributed by atoms with Crippen LogP contribution in [0.1, 0.15) is 29.3 Å². The predicted molar refractivity (Wildman–Crippen MR) is 86.6 cm³/mol. The maximum absolute atomic E-state index is 12.9. The lowest BCUT2D eigenvalue weighted by Crippen LogP contribution is -2.36. The third-order valence-electron chi connectivity index (χ3n) is 4.99. The topological polar surface area (TPSA) is 20.3 Å². The molecule has 0 unspecified atom stereocenters. The fourth-order valence-corrected chi connectivity index (χ4v) is 4.45. The van der Waals surface area contributed by atoms with E-state index < -0.39 is 0 Å². The molecule has 2 fully saturated rings. The number of likely N-dealkylation sites (tertiary alicyclic amines) is 1. The van der Waals surface area contributed by atoms with Gasteiger partial charge in [0.25, 0.3) is 5.91 Å². The van der Waals surface area contributed by atoms with E-state index in [1.54, 1.807) is 11.3 Å². The molecule has 2 aromatic rings. The molecule has 4 rings (SSSR count). The molecule has 1 aromatic carbocycles. The quantitative estimate of drug-likeness (QED) is 0.813. The van der Waals surface area contributed by atoms with Crippen LogP contribution in [-0.4, -0.2) is 23.4 Å². The monoisotopic (exact) mass is 297 g/mol. The van der Waals surface area contributed by atoms with Gasteiger partial charge in [-0.1, -0.05) is 29.8 Å². The molecule has 1 saturated heterocycles. The molecule has 0 spiro atoms. The smallest absolute Gasteiger partial charge is 0.255 e. The number of nitrogens with zero attached hydrogens (tertiary/aromatic N) is 1. The van der Waals surface area contributed by atoms with Gasteiger partial charge in [0, 0.05) is 17.5 Å². The van der Waals surface area contributed by atoms with E-state index in [0.717, 1.165) is 34.4 Å². The molecule has 1 aromatic heterocycles. The SMILES string of the molecule is Cc1ccc(-c2sccc2C(=O)N2C[C@@H]3C[C@@H]3[C@@H]2C)cc1. The average Bonchev–Trinajstić information content (AvgIpc) is 2.95. The van der Waals surface area contributed by atoms with Crippen molar-refractivity contribution in [3.63, 3.8) is 0 Å². The van der Waals surface area contributed by atoms with Crippen LogP contribution in [-0.2, 0) is 0 Å². The minimum Gasteiger partial charge on any atom is -0.335 e. The summed E-state index contributed by atoms with van der Waals surface area (Å²) in [5.74, 6) is 1.74. The van der Waals surface area contributed by atoms with Crippen molar-refractivity contribution in [3.05, 3.63) is 46.8 Å². The zero-order valence-electron chi connectivity index (χ0n) is 12.4. The number of aryl methyl sites for hydroxylation is 1. The van der Waals surface area contributed by atoms with Gasteiger partial charge in [0.1, 0.15) is 0 Å². The molecule has 1 aliphatic heterocycles. The Kier molecular flexibility index (Phi) is 2.93. The average molecular weight is 297 g/mol. The van der Waals surface area contributed by atoms with Crippen LogP contribution in [0.3, 0.4) is 0 Å². The molecule has 3 heteroatoms. The van der Waals surface area contributed by atoms with E-state index in [2.05, 4.69) is 43.0 Å². The second kappa shape index (κ2) is 4.70. The summed E-state index contributed by atoms with van der Waals surface area (Å²) in [7, 11) is 0. The van der Waals surface area contributed by atoms with Gasteiger partial charge in [-0.25, -0.2) is 0 Å².